The highest BCUT2D eigenvalue weighted by Crippen LogP contribution is 2.33. The fourth-order valence-electron chi connectivity index (χ4n) is 3.02. The maximum Gasteiger partial charge on any atom is 0.0413 e. The molecule has 3 atom stereocenters. The summed E-state index contributed by atoms with van der Waals surface area (Å²) in [5.74, 6) is 0.691. The van der Waals surface area contributed by atoms with Crippen LogP contribution in [-0.2, 0) is 0 Å². The third kappa shape index (κ3) is 2.90. The molecule has 3 heteroatoms. The lowest BCUT2D eigenvalue weighted by atomic mass is 9.83. The Hall–Kier alpha value is -0.380. The maximum absolute atomic E-state index is 5.93. The summed E-state index contributed by atoms with van der Waals surface area (Å²) in [5, 5.41) is 2.17. The lowest BCUT2D eigenvalue weighted by molar-refractivity contribution is 0.100. The van der Waals surface area contributed by atoms with Gasteiger partial charge in [0.15, 0.2) is 0 Å². The predicted octanol–water partition coefficient (Wildman–Crippen LogP) is 3.26. The third-order valence-corrected chi connectivity index (χ3v) is 5.30. The van der Waals surface area contributed by atoms with E-state index < -0.39 is 0 Å². The maximum atomic E-state index is 5.93. The van der Waals surface area contributed by atoms with Crippen molar-refractivity contribution < 1.29 is 0 Å². The number of nitrogens with zero attached hydrogens (tertiary/aromatic N) is 1. The van der Waals surface area contributed by atoms with Gasteiger partial charge in [-0.05, 0) is 50.7 Å². The van der Waals surface area contributed by atoms with Crippen LogP contribution < -0.4 is 5.73 Å². The lowest BCUT2D eigenvalue weighted by Crippen LogP contribution is -2.43. The molecule has 17 heavy (non-hydrogen) atoms. The first-order chi connectivity index (χ1) is 8.24. The summed E-state index contributed by atoms with van der Waals surface area (Å²) < 4.78 is 0. The van der Waals surface area contributed by atoms with Gasteiger partial charge in [0.05, 0.1) is 0 Å². The van der Waals surface area contributed by atoms with E-state index in [-0.39, 0.29) is 0 Å². The Morgan fingerprint density at radius 3 is 2.88 bits per heavy atom. The van der Waals surface area contributed by atoms with E-state index in [9.17, 15) is 0 Å². The first kappa shape index (κ1) is 13.1. The van der Waals surface area contributed by atoms with E-state index in [0.29, 0.717) is 18.0 Å². The van der Waals surface area contributed by atoms with Crippen LogP contribution in [0, 0.1) is 5.92 Å². The number of hydrogen-bond donors (Lipinski definition) is 1. The van der Waals surface area contributed by atoms with Crippen molar-refractivity contribution in [2.75, 3.05) is 13.6 Å². The van der Waals surface area contributed by atoms with Crippen molar-refractivity contribution in [1.82, 2.24) is 4.90 Å². The van der Waals surface area contributed by atoms with Crippen LogP contribution in [0.25, 0.3) is 0 Å². The lowest BCUT2D eigenvalue weighted by Gasteiger charge is -2.40. The zero-order valence-electron chi connectivity index (χ0n) is 10.9. The SMILES string of the molecule is CC(c1cccs1)N(C)C1CCCCC1CN. The molecule has 0 spiro atoms. The first-order valence-electron chi connectivity index (χ1n) is 6.69. The van der Waals surface area contributed by atoms with Crippen molar-refractivity contribution in [1.29, 1.82) is 0 Å². The summed E-state index contributed by atoms with van der Waals surface area (Å²) in [6.07, 6.45) is 5.35. The predicted molar refractivity (Wildman–Crippen MR) is 75.3 cm³/mol. The molecule has 0 aliphatic heterocycles. The minimum absolute atomic E-state index is 0.521. The number of thiophene rings is 1. The molecule has 0 amide bonds. The molecule has 1 aromatic rings. The second-order valence-electron chi connectivity index (χ2n) is 5.20. The smallest absolute Gasteiger partial charge is 0.0413 e. The van der Waals surface area contributed by atoms with Crippen molar-refractivity contribution in [2.24, 2.45) is 11.7 Å². The number of hydrogen-bond acceptors (Lipinski definition) is 3. The molecule has 2 nitrogen and oxygen atoms in total. The van der Waals surface area contributed by atoms with Gasteiger partial charge >= 0.3 is 0 Å². The molecule has 1 aliphatic carbocycles. The van der Waals surface area contributed by atoms with Gasteiger partial charge in [-0.3, -0.25) is 4.90 Å². The van der Waals surface area contributed by atoms with Crippen LogP contribution in [0.5, 0.6) is 0 Å². The molecule has 0 bridgehead atoms. The molecule has 3 unspecified atom stereocenters. The fraction of sp³-hybridized carbons (Fsp3) is 0.714. The number of nitrogens with two attached hydrogens (primary N) is 1. The van der Waals surface area contributed by atoms with Crippen molar-refractivity contribution in [3.63, 3.8) is 0 Å². The molecule has 0 saturated heterocycles. The van der Waals surface area contributed by atoms with Gasteiger partial charge in [-0.1, -0.05) is 18.9 Å². The van der Waals surface area contributed by atoms with Gasteiger partial charge in [-0.15, -0.1) is 11.3 Å². The van der Waals surface area contributed by atoms with Crippen LogP contribution in [-0.4, -0.2) is 24.5 Å². The van der Waals surface area contributed by atoms with Crippen LogP contribution in [0.4, 0.5) is 0 Å². The summed E-state index contributed by atoms with van der Waals surface area (Å²) >= 11 is 1.86. The highest BCUT2D eigenvalue weighted by atomic mass is 32.1. The van der Waals surface area contributed by atoms with Crippen molar-refractivity contribution in [3.8, 4) is 0 Å². The summed E-state index contributed by atoms with van der Waals surface area (Å²) in [6.45, 7) is 3.15. The highest BCUT2D eigenvalue weighted by molar-refractivity contribution is 7.10. The normalized spacial score (nSPS) is 27.3. The molecule has 96 valence electrons. The molecule has 0 radical (unpaired) electrons. The standard InChI is InChI=1S/C14H24N2S/c1-11(14-8-5-9-17-14)16(2)13-7-4-3-6-12(13)10-15/h5,8-9,11-13H,3-4,6-7,10,15H2,1-2H3. The van der Waals surface area contributed by atoms with Gasteiger partial charge < -0.3 is 5.73 Å². The van der Waals surface area contributed by atoms with E-state index in [2.05, 4.69) is 36.4 Å². The van der Waals surface area contributed by atoms with Crippen molar-refractivity contribution >= 4 is 11.3 Å². The molecule has 0 aromatic carbocycles. The van der Waals surface area contributed by atoms with Gasteiger partial charge in [-0.25, -0.2) is 0 Å². The minimum atomic E-state index is 0.521. The Morgan fingerprint density at radius 1 is 1.47 bits per heavy atom. The zero-order valence-corrected chi connectivity index (χ0v) is 11.7. The van der Waals surface area contributed by atoms with E-state index in [0.717, 1.165) is 6.54 Å². The van der Waals surface area contributed by atoms with Gasteiger partial charge in [0.1, 0.15) is 0 Å². The quantitative estimate of drug-likeness (QED) is 0.891. The van der Waals surface area contributed by atoms with Crippen LogP contribution >= 0.6 is 11.3 Å². The summed E-state index contributed by atoms with van der Waals surface area (Å²) in [4.78, 5) is 4.01. The Labute approximate surface area is 109 Å². The Balaban J connectivity index is 2.04. The molecule has 1 saturated carbocycles. The average Bonchev–Trinajstić information content (AvgIpc) is 2.90. The molecule has 2 rings (SSSR count). The molecule has 2 N–H and O–H groups in total. The Bertz CT molecular complexity index is 323. The number of rotatable bonds is 4. The average molecular weight is 252 g/mol. The van der Waals surface area contributed by atoms with Gasteiger partial charge in [0.25, 0.3) is 0 Å². The van der Waals surface area contributed by atoms with Crippen LogP contribution in [0.15, 0.2) is 17.5 Å². The van der Waals surface area contributed by atoms with Gasteiger partial charge in [-0.2, -0.15) is 0 Å². The largest absolute Gasteiger partial charge is 0.330 e. The third-order valence-electron chi connectivity index (χ3n) is 4.26. The highest BCUT2D eigenvalue weighted by Gasteiger charge is 2.30. The molecule has 1 heterocycles. The Kier molecular flexibility index (Phi) is 4.60. The topological polar surface area (TPSA) is 29.3 Å². The summed E-state index contributed by atoms with van der Waals surface area (Å²) in [7, 11) is 2.27. The van der Waals surface area contributed by atoms with Crippen LogP contribution in [0.1, 0.15) is 43.5 Å². The van der Waals surface area contributed by atoms with E-state index in [1.165, 1.54) is 30.6 Å². The second-order valence-corrected chi connectivity index (χ2v) is 6.18. The molecular weight excluding hydrogens is 228 g/mol. The van der Waals surface area contributed by atoms with Crippen LogP contribution in [0.2, 0.25) is 0 Å². The monoisotopic (exact) mass is 252 g/mol. The summed E-state index contributed by atoms with van der Waals surface area (Å²) in [5.41, 5.74) is 5.93. The zero-order chi connectivity index (χ0) is 12.3. The van der Waals surface area contributed by atoms with Crippen LogP contribution in [0.3, 0.4) is 0 Å². The van der Waals surface area contributed by atoms with E-state index in [1.807, 2.05) is 11.3 Å². The van der Waals surface area contributed by atoms with E-state index in [4.69, 9.17) is 5.73 Å². The first-order valence-corrected chi connectivity index (χ1v) is 7.57. The molecule has 1 fully saturated rings. The molecular formula is C14H24N2S. The second kappa shape index (κ2) is 5.98. The molecule has 1 aliphatic rings. The van der Waals surface area contributed by atoms with Gasteiger partial charge in [0.2, 0.25) is 0 Å². The van der Waals surface area contributed by atoms with Crippen molar-refractivity contribution in [3.05, 3.63) is 22.4 Å². The van der Waals surface area contributed by atoms with Crippen molar-refractivity contribution in [2.45, 2.75) is 44.7 Å². The fourth-order valence-corrected chi connectivity index (χ4v) is 3.85. The Morgan fingerprint density at radius 2 is 2.24 bits per heavy atom. The molecule has 1 aromatic heterocycles. The van der Waals surface area contributed by atoms with E-state index in [1.54, 1.807) is 0 Å². The summed E-state index contributed by atoms with van der Waals surface area (Å²) in [6, 6.07) is 5.58. The minimum Gasteiger partial charge on any atom is -0.330 e. The van der Waals surface area contributed by atoms with Gasteiger partial charge in [0, 0.05) is 17.0 Å². The van der Waals surface area contributed by atoms with E-state index >= 15 is 0 Å².